The molecule has 0 saturated heterocycles. The van der Waals surface area contributed by atoms with Gasteiger partial charge in [-0.05, 0) is 45.2 Å². The van der Waals surface area contributed by atoms with E-state index in [0.29, 0.717) is 17.4 Å². The SMILES string of the molecule is CC.CC(C)(C)OC(=O)C[C@@H](CCCC1CCCCC1)c1nc(CNC(=O)c2ccccn2)no1. The fraction of sp³-hybridized carbons (Fsp3) is 0.667. The molecule has 0 aliphatic heterocycles. The molecule has 3 rings (SSSR count). The van der Waals surface area contributed by atoms with Crippen LogP contribution in [0.5, 0.6) is 0 Å². The number of rotatable bonds is 10. The second-order valence-electron chi connectivity index (χ2n) is 9.87. The van der Waals surface area contributed by atoms with Crippen LogP contribution in [0.4, 0.5) is 0 Å². The van der Waals surface area contributed by atoms with Gasteiger partial charge in [0.1, 0.15) is 11.3 Å². The Balaban J connectivity index is 0.00000210. The molecular weight excluding hydrogens is 444 g/mol. The molecule has 0 unspecified atom stereocenters. The minimum absolute atomic E-state index is 0.125. The molecule has 1 aliphatic carbocycles. The van der Waals surface area contributed by atoms with Crippen LogP contribution in [-0.4, -0.2) is 32.6 Å². The van der Waals surface area contributed by atoms with Crippen LogP contribution in [0.2, 0.25) is 0 Å². The Hall–Kier alpha value is -2.77. The molecule has 194 valence electrons. The molecule has 35 heavy (non-hydrogen) atoms. The maximum absolute atomic E-state index is 12.5. The van der Waals surface area contributed by atoms with E-state index in [0.717, 1.165) is 25.2 Å². The standard InChI is InChI=1S/C25H36N4O4.C2H6/c1-25(2,3)32-22(30)16-19(13-9-12-18-10-5-4-6-11-18)24-28-21(29-33-24)17-27-23(31)20-14-7-8-15-26-20;1-2/h7-8,14-15,18-19H,4-6,9-13,16-17H2,1-3H3,(H,27,31);1-2H3/t19-;/m1./s1. The van der Waals surface area contributed by atoms with Gasteiger partial charge in [-0.3, -0.25) is 14.6 Å². The molecule has 1 saturated carbocycles. The van der Waals surface area contributed by atoms with Crippen molar-refractivity contribution in [3.05, 3.63) is 41.8 Å². The summed E-state index contributed by atoms with van der Waals surface area (Å²) in [6, 6.07) is 5.14. The van der Waals surface area contributed by atoms with E-state index in [4.69, 9.17) is 9.26 Å². The molecule has 1 fully saturated rings. The summed E-state index contributed by atoms with van der Waals surface area (Å²) in [6.45, 7) is 9.70. The van der Waals surface area contributed by atoms with Crippen LogP contribution in [0.1, 0.15) is 121 Å². The highest BCUT2D eigenvalue weighted by Gasteiger charge is 2.26. The molecule has 2 aromatic rings. The summed E-state index contributed by atoms with van der Waals surface area (Å²) in [6.07, 6.45) is 11.3. The Morgan fingerprint density at radius 3 is 2.57 bits per heavy atom. The van der Waals surface area contributed by atoms with Crippen molar-refractivity contribution in [3.8, 4) is 0 Å². The van der Waals surface area contributed by atoms with Gasteiger partial charge in [-0.1, -0.05) is 70.0 Å². The van der Waals surface area contributed by atoms with Crippen LogP contribution in [0.15, 0.2) is 28.9 Å². The highest BCUT2D eigenvalue weighted by Crippen LogP contribution is 2.31. The van der Waals surface area contributed by atoms with E-state index >= 15 is 0 Å². The fourth-order valence-corrected chi connectivity index (χ4v) is 4.28. The van der Waals surface area contributed by atoms with E-state index in [1.807, 2.05) is 34.6 Å². The Morgan fingerprint density at radius 1 is 1.17 bits per heavy atom. The van der Waals surface area contributed by atoms with Crippen LogP contribution in [0, 0.1) is 5.92 Å². The molecule has 2 aromatic heterocycles. The summed E-state index contributed by atoms with van der Waals surface area (Å²) in [7, 11) is 0. The minimum Gasteiger partial charge on any atom is -0.460 e. The highest BCUT2D eigenvalue weighted by atomic mass is 16.6. The third-order valence-electron chi connectivity index (χ3n) is 5.86. The number of nitrogens with zero attached hydrogens (tertiary/aromatic N) is 3. The van der Waals surface area contributed by atoms with Crippen molar-refractivity contribution in [2.24, 2.45) is 5.92 Å². The summed E-state index contributed by atoms with van der Waals surface area (Å²) in [5, 5.41) is 6.76. The van der Waals surface area contributed by atoms with Crippen molar-refractivity contribution in [1.29, 1.82) is 0 Å². The molecular formula is C27H42N4O4. The lowest BCUT2D eigenvalue weighted by atomic mass is 9.84. The van der Waals surface area contributed by atoms with Gasteiger partial charge >= 0.3 is 5.97 Å². The zero-order chi connectivity index (χ0) is 25.7. The fourth-order valence-electron chi connectivity index (χ4n) is 4.28. The summed E-state index contributed by atoms with van der Waals surface area (Å²) in [5.41, 5.74) is -0.216. The van der Waals surface area contributed by atoms with Crippen LogP contribution in [0.25, 0.3) is 0 Å². The maximum atomic E-state index is 12.5. The lowest BCUT2D eigenvalue weighted by Crippen LogP contribution is -2.25. The van der Waals surface area contributed by atoms with Crippen LogP contribution in [-0.2, 0) is 16.1 Å². The summed E-state index contributed by atoms with van der Waals surface area (Å²) >= 11 is 0. The molecule has 0 radical (unpaired) electrons. The third kappa shape index (κ3) is 10.6. The normalized spacial score (nSPS) is 15.0. The number of carbonyl (C=O) groups excluding carboxylic acids is 2. The zero-order valence-electron chi connectivity index (χ0n) is 22.0. The van der Waals surface area contributed by atoms with Gasteiger partial charge in [0.25, 0.3) is 5.91 Å². The number of carbonyl (C=O) groups is 2. The molecule has 1 N–H and O–H groups in total. The predicted molar refractivity (Wildman–Crippen MR) is 135 cm³/mol. The van der Waals surface area contributed by atoms with Crippen molar-refractivity contribution in [1.82, 2.24) is 20.4 Å². The predicted octanol–water partition coefficient (Wildman–Crippen LogP) is 5.99. The van der Waals surface area contributed by atoms with Gasteiger partial charge in [-0.25, -0.2) is 0 Å². The average Bonchev–Trinajstić information content (AvgIpc) is 3.32. The van der Waals surface area contributed by atoms with Crippen LogP contribution in [0.3, 0.4) is 0 Å². The number of aromatic nitrogens is 3. The first kappa shape index (κ1) is 28.5. The van der Waals surface area contributed by atoms with Crippen molar-refractivity contribution in [2.75, 3.05) is 0 Å². The summed E-state index contributed by atoms with van der Waals surface area (Å²) < 4.78 is 11.0. The maximum Gasteiger partial charge on any atom is 0.307 e. The van der Waals surface area contributed by atoms with E-state index in [2.05, 4.69) is 20.4 Å². The van der Waals surface area contributed by atoms with Gasteiger partial charge in [-0.2, -0.15) is 4.98 Å². The van der Waals surface area contributed by atoms with Gasteiger partial charge < -0.3 is 14.6 Å². The number of esters is 1. The smallest absolute Gasteiger partial charge is 0.307 e. The van der Waals surface area contributed by atoms with Crippen LogP contribution >= 0.6 is 0 Å². The number of ether oxygens (including phenoxy) is 1. The molecule has 0 aromatic carbocycles. The molecule has 8 nitrogen and oxygen atoms in total. The Morgan fingerprint density at radius 2 is 1.91 bits per heavy atom. The highest BCUT2D eigenvalue weighted by molar-refractivity contribution is 5.92. The molecule has 2 heterocycles. The van der Waals surface area contributed by atoms with Gasteiger partial charge in [0.2, 0.25) is 5.89 Å². The van der Waals surface area contributed by atoms with E-state index < -0.39 is 5.60 Å². The zero-order valence-corrected chi connectivity index (χ0v) is 22.0. The number of pyridine rings is 1. The lowest BCUT2D eigenvalue weighted by Gasteiger charge is -2.23. The largest absolute Gasteiger partial charge is 0.460 e. The quantitative estimate of drug-likeness (QED) is 0.411. The van der Waals surface area contributed by atoms with Crippen molar-refractivity contribution >= 4 is 11.9 Å². The van der Waals surface area contributed by atoms with Crippen molar-refractivity contribution in [3.63, 3.8) is 0 Å². The second kappa shape index (κ2) is 14.6. The molecule has 1 aliphatic rings. The first-order valence-electron chi connectivity index (χ1n) is 13.0. The Labute approximate surface area is 209 Å². The molecule has 1 atom stereocenters. The second-order valence-corrected chi connectivity index (χ2v) is 9.87. The van der Waals surface area contributed by atoms with Crippen molar-refractivity contribution in [2.45, 2.75) is 110 Å². The van der Waals surface area contributed by atoms with Crippen LogP contribution < -0.4 is 5.32 Å². The first-order chi connectivity index (χ1) is 16.8. The molecule has 0 bridgehead atoms. The van der Waals surface area contributed by atoms with E-state index in [1.54, 1.807) is 24.4 Å². The topological polar surface area (TPSA) is 107 Å². The average molecular weight is 487 g/mol. The Bertz CT molecular complexity index is 886. The molecule has 8 heteroatoms. The van der Waals surface area contributed by atoms with E-state index in [9.17, 15) is 9.59 Å². The molecule has 1 amide bonds. The third-order valence-corrected chi connectivity index (χ3v) is 5.86. The van der Waals surface area contributed by atoms with Gasteiger partial charge in [0.05, 0.1) is 13.0 Å². The summed E-state index contributed by atoms with van der Waals surface area (Å²) in [5.74, 6) is 0.799. The number of hydrogen-bond donors (Lipinski definition) is 1. The number of hydrogen-bond acceptors (Lipinski definition) is 7. The van der Waals surface area contributed by atoms with Gasteiger partial charge in [0, 0.05) is 12.1 Å². The molecule has 0 spiro atoms. The minimum atomic E-state index is -0.542. The van der Waals surface area contributed by atoms with E-state index in [-0.39, 0.29) is 30.8 Å². The van der Waals surface area contributed by atoms with E-state index in [1.165, 1.54) is 32.1 Å². The first-order valence-corrected chi connectivity index (χ1v) is 13.0. The van der Waals surface area contributed by atoms with Gasteiger partial charge in [0.15, 0.2) is 5.82 Å². The Kier molecular flexibility index (Phi) is 11.9. The van der Waals surface area contributed by atoms with Crippen molar-refractivity contribution < 1.29 is 18.8 Å². The monoisotopic (exact) mass is 486 g/mol. The lowest BCUT2D eigenvalue weighted by molar-refractivity contribution is -0.155. The number of amides is 1. The van der Waals surface area contributed by atoms with Gasteiger partial charge in [-0.15, -0.1) is 0 Å². The summed E-state index contributed by atoms with van der Waals surface area (Å²) in [4.78, 5) is 33.2. The number of nitrogens with one attached hydrogen (secondary N) is 1.